The number of anilines is 1. The van der Waals surface area contributed by atoms with Crippen molar-refractivity contribution in [2.24, 2.45) is 0 Å². The van der Waals surface area contributed by atoms with Gasteiger partial charge in [-0.3, -0.25) is 4.79 Å². The Balaban J connectivity index is 1.94. The molecule has 0 saturated carbocycles. The van der Waals surface area contributed by atoms with Gasteiger partial charge in [-0.15, -0.1) is 0 Å². The van der Waals surface area contributed by atoms with Crippen LogP contribution in [0.2, 0.25) is 0 Å². The van der Waals surface area contributed by atoms with E-state index in [4.69, 9.17) is 4.74 Å². The third-order valence-corrected chi connectivity index (χ3v) is 5.60. The third kappa shape index (κ3) is 4.96. The van der Waals surface area contributed by atoms with E-state index in [-0.39, 0.29) is 18.0 Å². The fraction of sp³-hybridized carbons (Fsp3) is 0.261. The fourth-order valence-electron chi connectivity index (χ4n) is 3.27. The summed E-state index contributed by atoms with van der Waals surface area (Å²) in [5.74, 6) is -0.768. The topological polar surface area (TPSA) is 87.7 Å². The second-order valence-electron chi connectivity index (χ2n) is 7.45. The van der Waals surface area contributed by atoms with Crippen LogP contribution in [0.15, 0.2) is 64.3 Å². The molecular weight excluding hydrogens is 462 g/mol. The molecule has 1 aliphatic heterocycles. The molecule has 3 amide bonds. The Morgan fingerprint density at radius 3 is 2.55 bits per heavy atom. The molecule has 0 aliphatic carbocycles. The first-order chi connectivity index (χ1) is 14.7. The number of halogens is 1. The van der Waals surface area contributed by atoms with E-state index in [2.05, 4.69) is 26.6 Å². The molecule has 1 aliphatic rings. The van der Waals surface area contributed by atoms with Gasteiger partial charge in [-0.1, -0.05) is 24.3 Å². The molecule has 0 bridgehead atoms. The number of benzene rings is 2. The van der Waals surface area contributed by atoms with Crippen molar-refractivity contribution in [1.82, 2.24) is 10.2 Å². The van der Waals surface area contributed by atoms with Gasteiger partial charge in [0, 0.05) is 22.9 Å². The van der Waals surface area contributed by atoms with Crippen LogP contribution in [0.1, 0.15) is 42.7 Å². The Morgan fingerprint density at radius 2 is 1.87 bits per heavy atom. The van der Waals surface area contributed by atoms with Gasteiger partial charge in [-0.25, -0.2) is 9.59 Å². The number of nitrogens with zero attached hydrogens (tertiary/aromatic N) is 1. The number of nitrogens with one attached hydrogen (secondary N) is 2. The molecule has 2 aromatic carbocycles. The first kappa shape index (κ1) is 22.6. The molecule has 162 valence electrons. The van der Waals surface area contributed by atoms with Crippen LogP contribution in [0.4, 0.5) is 10.5 Å². The highest BCUT2D eigenvalue weighted by atomic mass is 79.9. The lowest BCUT2D eigenvalue weighted by Gasteiger charge is -2.33. The number of carbonyl (C=O) groups excluding carboxylic acids is 3. The normalized spacial score (nSPS) is 16.3. The maximum atomic E-state index is 12.8. The third-order valence-electron chi connectivity index (χ3n) is 4.91. The molecule has 31 heavy (non-hydrogen) atoms. The summed E-state index contributed by atoms with van der Waals surface area (Å²) in [6.07, 6.45) is -0.300. The Bertz CT molecular complexity index is 1060. The number of urea groups is 1. The average Bonchev–Trinajstić information content (AvgIpc) is 2.71. The predicted molar refractivity (Wildman–Crippen MR) is 122 cm³/mol. The molecule has 1 unspecified atom stereocenters. The number of hydrogen-bond acceptors (Lipinski definition) is 4. The molecule has 1 heterocycles. The Hall–Kier alpha value is -3.13. The number of amides is 3. The summed E-state index contributed by atoms with van der Waals surface area (Å²) in [5.41, 5.74) is 2.56. The molecule has 3 rings (SSSR count). The summed E-state index contributed by atoms with van der Waals surface area (Å²) in [7, 11) is 1.60. The van der Waals surface area contributed by atoms with Crippen molar-refractivity contribution in [2.45, 2.75) is 32.9 Å². The number of carbonyl (C=O) groups is 3. The maximum Gasteiger partial charge on any atom is 0.338 e. The van der Waals surface area contributed by atoms with Crippen LogP contribution in [0.25, 0.3) is 0 Å². The van der Waals surface area contributed by atoms with E-state index in [0.717, 1.165) is 0 Å². The van der Waals surface area contributed by atoms with Crippen LogP contribution in [0.3, 0.4) is 0 Å². The van der Waals surface area contributed by atoms with Crippen molar-refractivity contribution < 1.29 is 19.1 Å². The van der Waals surface area contributed by atoms with E-state index in [1.807, 2.05) is 6.07 Å². The van der Waals surface area contributed by atoms with Crippen LogP contribution >= 0.6 is 15.9 Å². The molecule has 2 aromatic rings. The highest BCUT2D eigenvalue weighted by Crippen LogP contribution is 2.32. The number of ether oxygens (including phenoxy) is 1. The van der Waals surface area contributed by atoms with Crippen molar-refractivity contribution in [1.29, 1.82) is 0 Å². The zero-order valence-corrected chi connectivity index (χ0v) is 19.3. The van der Waals surface area contributed by atoms with Gasteiger partial charge in [0.25, 0.3) is 5.91 Å². The molecule has 8 heteroatoms. The van der Waals surface area contributed by atoms with Crippen molar-refractivity contribution in [3.05, 3.63) is 75.4 Å². The van der Waals surface area contributed by atoms with Gasteiger partial charge in [0.15, 0.2) is 0 Å². The Morgan fingerprint density at radius 1 is 1.16 bits per heavy atom. The molecule has 1 atom stereocenters. The average molecular weight is 486 g/mol. The number of rotatable bonds is 5. The van der Waals surface area contributed by atoms with Gasteiger partial charge in [0.2, 0.25) is 0 Å². The fourth-order valence-corrected chi connectivity index (χ4v) is 3.73. The molecule has 7 nitrogen and oxygen atoms in total. The summed E-state index contributed by atoms with van der Waals surface area (Å²) in [4.78, 5) is 39.3. The minimum absolute atomic E-state index is 0.275. The van der Waals surface area contributed by atoms with Crippen molar-refractivity contribution in [3.63, 3.8) is 0 Å². The largest absolute Gasteiger partial charge is 0.459 e. The lowest BCUT2D eigenvalue weighted by atomic mass is 9.94. The molecule has 0 saturated heterocycles. The van der Waals surface area contributed by atoms with E-state index in [0.29, 0.717) is 32.6 Å². The molecule has 0 fully saturated rings. The lowest BCUT2D eigenvalue weighted by Crippen LogP contribution is -2.46. The van der Waals surface area contributed by atoms with Crippen LogP contribution in [0, 0.1) is 0 Å². The van der Waals surface area contributed by atoms with Gasteiger partial charge >= 0.3 is 12.0 Å². The van der Waals surface area contributed by atoms with Crippen LogP contribution < -0.4 is 10.6 Å². The molecule has 0 radical (unpaired) electrons. The van der Waals surface area contributed by atoms with E-state index >= 15 is 0 Å². The van der Waals surface area contributed by atoms with E-state index in [1.54, 1.807) is 70.3 Å². The highest BCUT2D eigenvalue weighted by molar-refractivity contribution is 9.10. The highest BCUT2D eigenvalue weighted by Gasteiger charge is 2.35. The monoisotopic (exact) mass is 485 g/mol. The van der Waals surface area contributed by atoms with E-state index in [1.165, 1.54) is 4.90 Å². The first-order valence-corrected chi connectivity index (χ1v) is 10.6. The zero-order chi connectivity index (χ0) is 22.7. The SMILES string of the molecule is CC1=C(C(=O)OC(C)C)C(c2cccc(NC(=O)c3ccccc3Br)c2)NC(=O)N1C. The van der Waals surface area contributed by atoms with Crippen molar-refractivity contribution >= 4 is 39.5 Å². The first-order valence-electron chi connectivity index (χ1n) is 9.81. The smallest absolute Gasteiger partial charge is 0.338 e. The molecule has 2 N–H and O–H groups in total. The van der Waals surface area contributed by atoms with E-state index in [9.17, 15) is 14.4 Å². The molecule has 0 aromatic heterocycles. The Labute approximate surface area is 189 Å². The summed E-state index contributed by atoms with van der Waals surface area (Å²) >= 11 is 3.38. The molecule has 0 spiro atoms. The maximum absolute atomic E-state index is 12.8. The van der Waals surface area contributed by atoms with Gasteiger partial charge < -0.3 is 20.3 Å². The summed E-state index contributed by atoms with van der Waals surface area (Å²) in [5, 5.41) is 5.71. The minimum Gasteiger partial charge on any atom is -0.459 e. The second kappa shape index (κ2) is 9.34. The summed E-state index contributed by atoms with van der Waals surface area (Å²) in [6.45, 7) is 5.25. The Kier molecular flexibility index (Phi) is 6.80. The quantitative estimate of drug-likeness (QED) is 0.604. The van der Waals surface area contributed by atoms with Gasteiger partial charge in [0.1, 0.15) is 0 Å². The van der Waals surface area contributed by atoms with Crippen LogP contribution in [-0.2, 0) is 9.53 Å². The standard InChI is InChI=1S/C23H24BrN3O4/c1-13(2)31-22(29)19-14(3)27(4)23(30)26-20(19)15-8-7-9-16(12-15)25-21(28)17-10-5-6-11-18(17)24/h5-13,20H,1-4H3,(H,25,28)(H,26,30). The van der Waals surface area contributed by atoms with Gasteiger partial charge in [-0.05, 0) is 66.5 Å². The van der Waals surface area contributed by atoms with Gasteiger partial charge in [-0.2, -0.15) is 0 Å². The molecular formula is C23H24BrN3O4. The van der Waals surface area contributed by atoms with Crippen LogP contribution in [-0.4, -0.2) is 36.0 Å². The second-order valence-corrected chi connectivity index (χ2v) is 8.31. The minimum atomic E-state index is -0.699. The predicted octanol–water partition coefficient (Wildman–Crippen LogP) is 4.62. The summed E-state index contributed by atoms with van der Waals surface area (Å²) < 4.78 is 6.10. The number of hydrogen-bond donors (Lipinski definition) is 2. The van der Waals surface area contributed by atoms with Crippen molar-refractivity contribution in [2.75, 3.05) is 12.4 Å². The number of allylic oxidation sites excluding steroid dienone is 1. The summed E-state index contributed by atoms with van der Waals surface area (Å²) in [6, 6.07) is 13.1. The lowest BCUT2D eigenvalue weighted by molar-refractivity contribution is -0.143. The van der Waals surface area contributed by atoms with Crippen LogP contribution in [0.5, 0.6) is 0 Å². The van der Waals surface area contributed by atoms with E-state index < -0.39 is 12.0 Å². The number of esters is 1. The van der Waals surface area contributed by atoms with Gasteiger partial charge in [0.05, 0.1) is 23.3 Å². The zero-order valence-electron chi connectivity index (χ0n) is 17.7. The van der Waals surface area contributed by atoms with Crippen molar-refractivity contribution in [3.8, 4) is 0 Å².